The summed E-state index contributed by atoms with van der Waals surface area (Å²) in [5.41, 5.74) is 2.69. The summed E-state index contributed by atoms with van der Waals surface area (Å²) in [6.45, 7) is 2.07. The van der Waals surface area contributed by atoms with Crippen LogP contribution in [-0.4, -0.2) is 18.5 Å². The summed E-state index contributed by atoms with van der Waals surface area (Å²) < 4.78 is 5.16. The van der Waals surface area contributed by atoms with Crippen LogP contribution in [0.2, 0.25) is 0 Å². The molecule has 0 aliphatic rings. The van der Waals surface area contributed by atoms with Crippen LogP contribution in [0.3, 0.4) is 0 Å². The van der Waals surface area contributed by atoms with Gasteiger partial charge in [0.15, 0.2) is 0 Å². The number of carbonyl (C=O) groups is 2. The molecule has 0 spiro atoms. The van der Waals surface area contributed by atoms with Crippen LogP contribution in [-0.2, 0) is 22.4 Å². The summed E-state index contributed by atoms with van der Waals surface area (Å²) in [7, 11) is 0. The minimum atomic E-state index is -0.406. The Kier molecular flexibility index (Phi) is 6.98. The molecule has 0 bridgehead atoms. The minimum absolute atomic E-state index is 0.109. The van der Waals surface area contributed by atoms with E-state index in [9.17, 15) is 9.59 Å². The van der Waals surface area contributed by atoms with E-state index < -0.39 is 5.97 Å². The zero-order valence-corrected chi connectivity index (χ0v) is 16.6. The molecule has 1 amide bonds. The normalized spacial score (nSPS) is 10.5. The lowest BCUT2D eigenvalue weighted by Gasteiger charge is -2.06. The summed E-state index contributed by atoms with van der Waals surface area (Å²) in [6, 6.07) is 21.7. The molecule has 4 nitrogen and oxygen atoms in total. The zero-order chi connectivity index (χ0) is 19.8. The molecule has 1 heterocycles. The van der Waals surface area contributed by atoms with Crippen LogP contribution in [0.4, 0.5) is 5.00 Å². The van der Waals surface area contributed by atoms with E-state index in [2.05, 4.69) is 5.32 Å². The van der Waals surface area contributed by atoms with E-state index in [1.807, 2.05) is 66.7 Å². The first-order valence-corrected chi connectivity index (χ1v) is 10.1. The van der Waals surface area contributed by atoms with Gasteiger partial charge in [-0.1, -0.05) is 60.7 Å². The molecule has 1 N–H and O–H groups in total. The number of nitrogens with one attached hydrogen (secondary N) is 1. The molecule has 0 aliphatic heterocycles. The van der Waals surface area contributed by atoms with Gasteiger partial charge in [0, 0.05) is 17.7 Å². The zero-order valence-electron chi connectivity index (χ0n) is 15.8. The van der Waals surface area contributed by atoms with Crippen LogP contribution in [0, 0.1) is 0 Å². The smallest absolute Gasteiger partial charge is 0.341 e. The second kappa shape index (κ2) is 9.85. The summed E-state index contributed by atoms with van der Waals surface area (Å²) in [6.07, 6.45) is 1.72. The van der Waals surface area contributed by atoms with Crippen molar-refractivity contribution in [2.75, 3.05) is 11.9 Å². The molecule has 3 rings (SSSR count). The number of aryl methyl sites for hydroxylation is 1. The molecule has 3 aromatic rings. The van der Waals surface area contributed by atoms with Crippen molar-refractivity contribution in [3.63, 3.8) is 0 Å². The highest BCUT2D eigenvalue weighted by molar-refractivity contribution is 7.16. The van der Waals surface area contributed by atoms with Crippen molar-refractivity contribution in [2.45, 2.75) is 26.2 Å². The van der Waals surface area contributed by atoms with Crippen LogP contribution in [0.1, 0.15) is 39.7 Å². The van der Waals surface area contributed by atoms with Crippen LogP contribution in [0.15, 0.2) is 66.7 Å². The SMILES string of the molecule is CCOC(=O)c1cc(Cc2ccccc2)sc1NC(=O)CCc1ccccc1. The lowest BCUT2D eigenvalue weighted by molar-refractivity contribution is -0.116. The highest BCUT2D eigenvalue weighted by Gasteiger charge is 2.19. The first-order valence-electron chi connectivity index (χ1n) is 9.33. The van der Waals surface area contributed by atoms with Crippen LogP contribution in [0.25, 0.3) is 0 Å². The molecule has 0 radical (unpaired) electrons. The Morgan fingerprint density at radius 2 is 1.61 bits per heavy atom. The number of amides is 1. The number of hydrogen-bond acceptors (Lipinski definition) is 4. The van der Waals surface area contributed by atoms with Crippen LogP contribution < -0.4 is 5.32 Å². The van der Waals surface area contributed by atoms with Gasteiger partial charge in [-0.3, -0.25) is 4.79 Å². The number of hydrogen-bond donors (Lipinski definition) is 1. The molecule has 2 aromatic carbocycles. The van der Waals surface area contributed by atoms with Gasteiger partial charge in [0.1, 0.15) is 5.00 Å². The molecule has 0 fully saturated rings. The van der Waals surface area contributed by atoms with Gasteiger partial charge in [-0.2, -0.15) is 0 Å². The Bertz CT molecular complexity index is 920. The monoisotopic (exact) mass is 393 g/mol. The average Bonchev–Trinajstić information content (AvgIpc) is 3.10. The number of benzene rings is 2. The van der Waals surface area contributed by atoms with Crippen molar-refractivity contribution in [1.82, 2.24) is 0 Å². The maximum absolute atomic E-state index is 12.4. The van der Waals surface area contributed by atoms with E-state index in [4.69, 9.17) is 4.74 Å². The van der Waals surface area contributed by atoms with Gasteiger partial charge < -0.3 is 10.1 Å². The van der Waals surface area contributed by atoms with Gasteiger partial charge in [0.2, 0.25) is 5.91 Å². The van der Waals surface area contributed by atoms with E-state index in [0.717, 1.165) is 16.0 Å². The molecular weight excluding hydrogens is 370 g/mol. The molecule has 1 aromatic heterocycles. The summed E-state index contributed by atoms with van der Waals surface area (Å²) in [5, 5.41) is 3.46. The maximum Gasteiger partial charge on any atom is 0.341 e. The second-order valence-corrected chi connectivity index (χ2v) is 7.51. The quantitative estimate of drug-likeness (QED) is 0.543. The minimum Gasteiger partial charge on any atom is -0.462 e. The second-order valence-electron chi connectivity index (χ2n) is 6.37. The van der Waals surface area contributed by atoms with Crippen LogP contribution in [0.5, 0.6) is 0 Å². The predicted octanol–water partition coefficient (Wildman–Crippen LogP) is 5.09. The van der Waals surface area contributed by atoms with Gasteiger partial charge >= 0.3 is 5.97 Å². The van der Waals surface area contributed by atoms with Gasteiger partial charge in [0.05, 0.1) is 12.2 Å². The van der Waals surface area contributed by atoms with Crippen molar-refractivity contribution in [1.29, 1.82) is 0 Å². The first-order chi connectivity index (χ1) is 13.7. The molecule has 0 saturated carbocycles. The third-order valence-corrected chi connectivity index (χ3v) is 5.29. The van der Waals surface area contributed by atoms with Crippen LogP contribution >= 0.6 is 11.3 Å². The van der Waals surface area contributed by atoms with Crippen molar-refractivity contribution < 1.29 is 14.3 Å². The van der Waals surface area contributed by atoms with Crippen molar-refractivity contribution >= 4 is 28.2 Å². The topological polar surface area (TPSA) is 55.4 Å². The fourth-order valence-corrected chi connectivity index (χ4v) is 3.97. The molecule has 0 aliphatic carbocycles. The third kappa shape index (κ3) is 5.54. The molecule has 0 unspecified atom stereocenters. The number of carbonyl (C=O) groups excluding carboxylic acids is 2. The number of rotatable bonds is 8. The average molecular weight is 394 g/mol. The van der Waals surface area contributed by atoms with E-state index in [1.165, 1.54) is 11.3 Å². The Balaban J connectivity index is 1.72. The highest BCUT2D eigenvalue weighted by Crippen LogP contribution is 2.31. The van der Waals surface area contributed by atoms with Gasteiger partial charge in [-0.15, -0.1) is 11.3 Å². The Hall–Kier alpha value is -2.92. The molecule has 0 atom stereocenters. The summed E-state index contributed by atoms with van der Waals surface area (Å²) in [4.78, 5) is 25.8. The molecule has 0 saturated heterocycles. The van der Waals surface area contributed by atoms with E-state index >= 15 is 0 Å². The van der Waals surface area contributed by atoms with Crippen molar-refractivity contribution in [2.24, 2.45) is 0 Å². The van der Waals surface area contributed by atoms with E-state index in [0.29, 0.717) is 36.4 Å². The number of thiophene rings is 1. The first kappa shape index (κ1) is 19.8. The van der Waals surface area contributed by atoms with Gasteiger partial charge in [-0.05, 0) is 30.5 Å². The predicted molar refractivity (Wildman–Crippen MR) is 113 cm³/mol. The molecule has 5 heteroatoms. The van der Waals surface area contributed by atoms with Gasteiger partial charge in [0.25, 0.3) is 0 Å². The Morgan fingerprint density at radius 1 is 0.964 bits per heavy atom. The fraction of sp³-hybridized carbons (Fsp3) is 0.217. The van der Waals surface area contributed by atoms with E-state index in [1.54, 1.807) is 6.92 Å². The number of anilines is 1. The van der Waals surface area contributed by atoms with Gasteiger partial charge in [-0.25, -0.2) is 4.79 Å². The lowest BCUT2D eigenvalue weighted by atomic mass is 10.1. The highest BCUT2D eigenvalue weighted by atomic mass is 32.1. The van der Waals surface area contributed by atoms with Crippen molar-refractivity contribution in [3.05, 3.63) is 88.3 Å². The van der Waals surface area contributed by atoms with E-state index in [-0.39, 0.29) is 5.91 Å². The largest absolute Gasteiger partial charge is 0.462 e. The van der Waals surface area contributed by atoms with Crippen molar-refractivity contribution in [3.8, 4) is 0 Å². The number of esters is 1. The maximum atomic E-state index is 12.4. The standard InChI is InChI=1S/C23H23NO3S/c1-2-27-23(26)20-16-19(15-18-11-7-4-8-12-18)28-22(20)24-21(25)14-13-17-9-5-3-6-10-17/h3-12,16H,2,13-15H2,1H3,(H,24,25). The summed E-state index contributed by atoms with van der Waals surface area (Å²) in [5.74, 6) is -0.515. The fourth-order valence-electron chi connectivity index (χ4n) is 2.87. The Labute approximate surface area is 169 Å². The number of ether oxygens (including phenoxy) is 1. The molecule has 144 valence electrons. The Morgan fingerprint density at radius 3 is 2.25 bits per heavy atom. The lowest BCUT2D eigenvalue weighted by Crippen LogP contribution is -2.14. The molecule has 28 heavy (non-hydrogen) atoms. The third-order valence-electron chi connectivity index (χ3n) is 4.24. The summed E-state index contributed by atoms with van der Waals surface area (Å²) >= 11 is 1.43. The molecular formula is C23H23NO3S.